The quantitative estimate of drug-likeness (QED) is 0.885. The molecule has 1 saturated heterocycles. The van der Waals surface area contributed by atoms with E-state index in [-0.39, 0.29) is 6.10 Å². The Balaban J connectivity index is 1.83. The maximum atomic E-state index is 5.83. The highest BCUT2D eigenvalue weighted by atomic mass is 32.1. The number of nitrogens with two attached hydrogens (primary N) is 1. The van der Waals surface area contributed by atoms with E-state index in [1.54, 1.807) is 0 Å². The summed E-state index contributed by atoms with van der Waals surface area (Å²) in [6.07, 6.45) is -0.124. The van der Waals surface area contributed by atoms with E-state index in [1.165, 1.54) is 11.3 Å². The van der Waals surface area contributed by atoms with E-state index in [0.717, 1.165) is 18.7 Å². The molecule has 18 heavy (non-hydrogen) atoms. The van der Waals surface area contributed by atoms with Crippen LogP contribution in [0.15, 0.2) is 16.0 Å². The van der Waals surface area contributed by atoms with Gasteiger partial charge in [-0.15, -0.1) is 11.3 Å². The molecule has 2 aromatic rings. The summed E-state index contributed by atoms with van der Waals surface area (Å²) < 4.78 is 10.9. The molecule has 6 nitrogen and oxygen atoms in total. The fourth-order valence-electron chi connectivity index (χ4n) is 1.91. The van der Waals surface area contributed by atoms with E-state index in [1.807, 2.05) is 18.5 Å². The number of nitrogens with zero attached hydrogens (tertiary/aromatic N) is 3. The number of hydrogen-bond acceptors (Lipinski definition) is 7. The van der Waals surface area contributed by atoms with Gasteiger partial charge in [-0.05, 0) is 18.5 Å². The van der Waals surface area contributed by atoms with Gasteiger partial charge in [0.05, 0.1) is 17.2 Å². The molecular formula is C11H14N4O2S. The summed E-state index contributed by atoms with van der Waals surface area (Å²) in [5.74, 6) is 1.04. The van der Waals surface area contributed by atoms with Gasteiger partial charge in [0.15, 0.2) is 0 Å². The van der Waals surface area contributed by atoms with Gasteiger partial charge in [0.25, 0.3) is 5.89 Å². The first kappa shape index (κ1) is 11.6. The summed E-state index contributed by atoms with van der Waals surface area (Å²) in [5.41, 5.74) is 6.63. The molecule has 1 aliphatic heterocycles. The molecule has 0 spiro atoms. The third-order valence-electron chi connectivity index (χ3n) is 2.92. The lowest BCUT2D eigenvalue weighted by molar-refractivity contribution is -0.0264. The van der Waals surface area contributed by atoms with E-state index in [4.69, 9.17) is 15.0 Å². The maximum Gasteiger partial charge on any atom is 0.261 e. The predicted octanol–water partition coefficient (Wildman–Crippen LogP) is 1.38. The summed E-state index contributed by atoms with van der Waals surface area (Å²) in [7, 11) is 2.05. The van der Waals surface area contributed by atoms with Crippen molar-refractivity contribution in [2.75, 3.05) is 32.5 Å². The second-order valence-corrected chi connectivity index (χ2v) is 5.23. The van der Waals surface area contributed by atoms with Crippen molar-refractivity contribution < 1.29 is 9.26 Å². The second kappa shape index (κ2) is 4.68. The third-order valence-corrected chi connectivity index (χ3v) is 3.67. The zero-order valence-electron chi connectivity index (χ0n) is 10.00. The minimum Gasteiger partial charge on any atom is -0.390 e. The van der Waals surface area contributed by atoms with Crippen LogP contribution in [0, 0.1) is 0 Å². The lowest BCUT2D eigenvalue weighted by Crippen LogP contribution is -2.35. The number of morpholine rings is 1. The molecule has 1 aliphatic rings. The number of likely N-dealkylation sites (N-methyl/N-ethyl adjacent to an activating group) is 1. The van der Waals surface area contributed by atoms with Crippen molar-refractivity contribution in [2.45, 2.75) is 6.10 Å². The topological polar surface area (TPSA) is 77.4 Å². The fourth-order valence-corrected chi connectivity index (χ4v) is 2.54. The van der Waals surface area contributed by atoms with E-state index >= 15 is 0 Å². The number of thiophene rings is 1. The molecule has 0 aliphatic carbocycles. The number of rotatable bonds is 2. The van der Waals surface area contributed by atoms with Crippen LogP contribution in [-0.2, 0) is 4.74 Å². The highest BCUT2D eigenvalue weighted by molar-refractivity contribution is 7.14. The van der Waals surface area contributed by atoms with Crippen LogP contribution < -0.4 is 5.73 Å². The van der Waals surface area contributed by atoms with Crippen LogP contribution in [0.2, 0.25) is 0 Å². The molecule has 96 valence electrons. The Morgan fingerprint density at radius 1 is 1.56 bits per heavy atom. The monoisotopic (exact) mass is 266 g/mol. The first-order chi connectivity index (χ1) is 8.74. The smallest absolute Gasteiger partial charge is 0.261 e. The second-order valence-electron chi connectivity index (χ2n) is 4.28. The van der Waals surface area contributed by atoms with Gasteiger partial charge in [0.2, 0.25) is 5.82 Å². The van der Waals surface area contributed by atoms with Crippen LogP contribution in [-0.4, -0.2) is 41.8 Å². The Morgan fingerprint density at radius 3 is 3.17 bits per heavy atom. The highest BCUT2D eigenvalue weighted by Crippen LogP contribution is 2.30. The Labute approximate surface area is 108 Å². The Morgan fingerprint density at radius 2 is 2.44 bits per heavy atom. The summed E-state index contributed by atoms with van der Waals surface area (Å²) in [4.78, 5) is 6.55. The lowest BCUT2D eigenvalue weighted by Gasteiger charge is -2.27. The number of aromatic nitrogens is 2. The summed E-state index contributed by atoms with van der Waals surface area (Å²) >= 11 is 1.45. The molecule has 3 rings (SSSR count). The zero-order chi connectivity index (χ0) is 12.5. The Hall–Kier alpha value is -1.44. The van der Waals surface area contributed by atoms with Gasteiger partial charge in [-0.2, -0.15) is 4.98 Å². The first-order valence-electron chi connectivity index (χ1n) is 5.71. The third kappa shape index (κ3) is 2.12. The zero-order valence-corrected chi connectivity index (χ0v) is 10.8. The molecule has 0 saturated carbocycles. The molecule has 2 N–H and O–H groups in total. The maximum absolute atomic E-state index is 5.83. The van der Waals surface area contributed by atoms with E-state index in [0.29, 0.717) is 23.3 Å². The van der Waals surface area contributed by atoms with Crippen LogP contribution in [0.5, 0.6) is 0 Å². The summed E-state index contributed by atoms with van der Waals surface area (Å²) in [6.45, 7) is 2.39. The first-order valence-corrected chi connectivity index (χ1v) is 6.59. The van der Waals surface area contributed by atoms with Crippen molar-refractivity contribution in [3.63, 3.8) is 0 Å². The number of nitrogen functional groups attached to an aromatic ring is 1. The van der Waals surface area contributed by atoms with E-state index in [2.05, 4.69) is 15.0 Å². The molecule has 7 heteroatoms. The van der Waals surface area contributed by atoms with Gasteiger partial charge in [0, 0.05) is 13.1 Å². The SMILES string of the molecule is CN1CCOC(c2noc(-c3ccsc3N)n2)C1. The van der Waals surface area contributed by atoms with Crippen LogP contribution in [0.25, 0.3) is 11.5 Å². The highest BCUT2D eigenvalue weighted by Gasteiger charge is 2.25. The fraction of sp³-hybridized carbons (Fsp3) is 0.455. The number of ether oxygens (including phenoxy) is 1. The molecule has 0 radical (unpaired) electrons. The summed E-state index contributed by atoms with van der Waals surface area (Å²) in [5, 5.41) is 6.57. The Bertz CT molecular complexity index is 539. The molecule has 1 fully saturated rings. The average Bonchev–Trinajstić information content (AvgIpc) is 2.97. The molecular weight excluding hydrogens is 252 g/mol. The van der Waals surface area contributed by atoms with Crippen molar-refractivity contribution in [3.8, 4) is 11.5 Å². The summed E-state index contributed by atoms with van der Waals surface area (Å²) in [6, 6.07) is 1.88. The van der Waals surface area contributed by atoms with E-state index in [9.17, 15) is 0 Å². The van der Waals surface area contributed by atoms with Crippen molar-refractivity contribution in [2.24, 2.45) is 0 Å². The van der Waals surface area contributed by atoms with Crippen molar-refractivity contribution >= 4 is 16.3 Å². The van der Waals surface area contributed by atoms with Crippen LogP contribution in [0.3, 0.4) is 0 Å². The van der Waals surface area contributed by atoms with Crippen LogP contribution in [0.1, 0.15) is 11.9 Å². The largest absolute Gasteiger partial charge is 0.390 e. The van der Waals surface area contributed by atoms with E-state index < -0.39 is 0 Å². The minimum atomic E-state index is -0.124. The normalized spacial score (nSPS) is 21.3. The molecule has 2 aromatic heterocycles. The van der Waals surface area contributed by atoms with Crippen LogP contribution in [0.4, 0.5) is 5.00 Å². The average molecular weight is 266 g/mol. The molecule has 0 amide bonds. The van der Waals surface area contributed by atoms with Crippen molar-refractivity contribution in [1.82, 2.24) is 15.0 Å². The molecule has 0 bridgehead atoms. The van der Waals surface area contributed by atoms with Crippen molar-refractivity contribution in [3.05, 3.63) is 17.3 Å². The number of hydrogen-bond donors (Lipinski definition) is 1. The van der Waals surface area contributed by atoms with Gasteiger partial charge in [-0.1, -0.05) is 5.16 Å². The van der Waals surface area contributed by atoms with Crippen LogP contribution >= 0.6 is 11.3 Å². The molecule has 1 unspecified atom stereocenters. The molecule has 0 aromatic carbocycles. The standard InChI is InChI=1S/C11H14N4O2S/c1-15-3-4-16-8(6-15)10-13-11(17-14-10)7-2-5-18-9(7)12/h2,5,8H,3-4,6,12H2,1H3. The lowest BCUT2D eigenvalue weighted by atomic mass is 10.2. The molecule has 1 atom stereocenters. The Kier molecular flexibility index (Phi) is 3.02. The minimum absolute atomic E-state index is 0.124. The van der Waals surface area contributed by atoms with Gasteiger partial charge in [-0.25, -0.2) is 0 Å². The molecule has 3 heterocycles. The van der Waals surface area contributed by atoms with Gasteiger partial charge in [-0.3, -0.25) is 0 Å². The van der Waals surface area contributed by atoms with Crippen molar-refractivity contribution in [1.29, 1.82) is 0 Å². The predicted molar refractivity (Wildman–Crippen MR) is 68.2 cm³/mol. The number of anilines is 1. The van der Waals surface area contributed by atoms with Gasteiger partial charge >= 0.3 is 0 Å². The van der Waals surface area contributed by atoms with Gasteiger partial charge in [0.1, 0.15) is 6.10 Å². The van der Waals surface area contributed by atoms with Gasteiger partial charge < -0.3 is 19.9 Å².